The Morgan fingerprint density at radius 2 is 1.75 bits per heavy atom. The van der Waals surface area contributed by atoms with E-state index in [9.17, 15) is 0 Å². The van der Waals surface area contributed by atoms with Crippen LogP contribution in [0.15, 0.2) is 58.5 Å². The molecule has 0 amide bonds. The number of methoxy groups -OCH3 is 2. The van der Waals surface area contributed by atoms with Gasteiger partial charge in [0.25, 0.3) is 0 Å². The molecule has 124 valence electrons. The van der Waals surface area contributed by atoms with Crippen molar-refractivity contribution < 1.29 is 9.47 Å². The molecular weight excluding hydrogens is 306 g/mol. The smallest absolute Gasteiger partial charge is 0.205 e. The fourth-order valence-corrected chi connectivity index (χ4v) is 2.35. The molecule has 1 aliphatic rings. The molecule has 0 aromatic heterocycles. The third-order valence-corrected chi connectivity index (χ3v) is 3.50. The van der Waals surface area contributed by atoms with Crippen LogP contribution >= 0.6 is 0 Å². The van der Waals surface area contributed by atoms with Crippen LogP contribution in [0.4, 0.5) is 5.69 Å². The topological polar surface area (TPSA) is 93.3 Å². The van der Waals surface area contributed by atoms with Crippen LogP contribution < -0.4 is 25.8 Å². The molecule has 1 aliphatic heterocycles. The summed E-state index contributed by atoms with van der Waals surface area (Å²) in [6.45, 7) is 0. The quantitative estimate of drug-likeness (QED) is 0.800. The average molecular weight is 325 g/mol. The Kier molecular flexibility index (Phi) is 4.51. The van der Waals surface area contributed by atoms with E-state index < -0.39 is 6.17 Å². The Morgan fingerprint density at radius 1 is 1.00 bits per heavy atom. The summed E-state index contributed by atoms with van der Waals surface area (Å²) in [4.78, 5) is 8.89. The van der Waals surface area contributed by atoms with Crippen molar-refractivity contribution >= 4 is 17.6 Å². The second-order valence-electron chi connectivity index (χ2n) is 5.10. The molecular formula is C17H19N5O2. The van der Waals surface area contributed by atoms with Gasteiger partial charge in [-0.1, -0.05) is 24.3 Å². The van der Waals surface area contributed by atoms with Crippen LogP contribution in [0.25, 0.3) is 0 Å². The largest absolute Gasteiger partial charge is 0.493 e. The number of nitrogens with zero attached hydrogens (tertiary/aromatic N) is 2. The molecule has 24 heavy (non-hydrogen) atoms. The van der Waals surface area contributed by atoms with Gasteiger partial charge in [-0.25, -0.2) is 9.98 Å². The number of benzene rings is 2. The molecule has 1 unspecified atom stereocenters. The van der Waals surface area contributed by atoms with Gasteiger partial charge >= 0.3 is 0 Å². The highest BCUT2D eigenvalue weighted by molar-refractivity contribution is 6.05. The van der Waals surface area contributed by atoms with E-state index in [-0.39, 0.29) is 0 Å². The molecule has 2 aromatic rings. The second-order valence-corrected chi connectivity index (χ2v) is 5.10. The Hall–Kier alpha value is -3.22. The molecule has 7 heteroatoms. The maximum atomic E-state index is 5.90. The zero-order chi connectivity index (χ0) is 16.9. The molecule has 0 aliphatic carbocycles. The lowest BCUT2D eigenvalue weighted by Gasteiger charge is -2.21. The maximum absolute atomic E-state index is 5.90. The molecule has 0 saturated heterocycles. The van der Waals surface area contributed by atoms with Gasteiger partial charge in [0.15, 0.2) is 23.6 Å². The number of aliphatic imine (C=N–C) groups is 2. The molecule has 0 radical (unpaired) electrons. The van der Waals surface area contributed by atoms with Crippen molar-refractivity contribution in [1.29, 1.82) is 0 Å². The van der Waals surface area contributed by atoms with Crippen molar-refractivity contribution in [2.24, 2.45) is 15.7 Å². The molecule has 3 rings (SSSR count). The lowest BCUT2D eigenvalue weighted by Crippen LogP contribution is -2.43. The number of anilines is 1. The van der Waals surface area contributed by atoms with Gasteiger partial charge in [-0.3, -0.25) is 5.32 Å². The minimum absolute atomic E-state index is 0.295. The zero-order valence-corrected chi connectivity index (χ0v) is 13.5. The standard InChI is InChI=1S/C17H19N5O2/c1-23-13-9-8-11(10-14(13)24-2)15-20-16(18)22-17(21-15)19-12-6-4-3-5-7-12/h3-10,15H,1-2H3,(H4,18,19,20,21,22). The number of nitrogens with two attached hydrogens (primary N) is 1. The van der Waals surface area contributed by atoms with Crippen LogP contribution in [0.1, 0.15) is 11.7 Å². The summed E-state index contributed by atoms with van der Waals surface area (Å²) in [7, 11) is 3.19. The lowest BCUT2D eigenvalue weighted by molar-refractivity contribution is 0.354. The minimum Gasteiger partial charge on any atom is -0.493 e. The van der Waals surface area contributed by atoms with E-state index in [1.165, 1.54) is 0 Å². The highest BCUT2D eigenvalue weighted by atomic mass is 16.5. The molecule has 0 bridgehead atoms. The van der Waals surface area contributed by atoms with Crippen molar-refractivity contribution in [3.63, 3.8) is 0 Å². The average Bonchev–Trinajstić information content (AvgIpc) is 2.61. The number of para-hydroxylation sites is 1. The maximum Gasteiger partial charge on any atom is 0.205 e. The Bertz CT molecular complexity index is 774. The molecule has 0 spiro atoms. The molecule has 1 atom stereocenters. The Labute approximate surface area is 140 Å². The third kappa shape index (κ3) is 3.40. The monoisotopic (exact) mass is 325 g/mol. The van der Waals surface area contributed by atoms with Crippen molar-refractivity contribution in [3.8, 4) is 11.5 Å². The van der Waals surface area contributed by atoms with Gasteiger partial charge in [0.1, 0.15) is 0 Å². The molecule has 4 N–H and O–H groups in total. The van der Waals surface area contributed by atoms with E-state index in [4.69, 9.17) is 15.2 Å². The number of nitrogens with one attached hydrogen (secondary N) is 2. The summed E-state index contributed by atoms with van der Waals surface area (Å²) >= 11 is 0. The van der Waals surface area contributed by atoms with E-state index in [1.807, 2.05) is 48.5 Å². The van der Waals surface area contributed by atoms with Gasteiger partial charge in [-0.2, -0.15) is 0 Å². The first-order valence-corrected chi connectivity index (χ1v) is 7.41. The summed E-state index contributed by atoms with van der Waals surface area (Å²) in [5.41, 5.74) is 7.65. The number of rotatable bonds is 4. The highest BCUT2D eigenvalue weighted by Gasteiger charge is 2.18. The van der Waals surface area contributed by atoms with Gasteiger partial charge < -0.3 is 20.5 Å². The van der Waals surface area contributed by atoms with Crippen LogP contribution in [0.3, 0.4) is 0 Å². The van der Waals surface area contributed by atoms with Crippen LogP contribution in [-0.4, -0.2) is 26.1 Å². The number of hydrogen-bond donors (Lipinski definition) is 3. The second kappa shape index (κ2) is 6.91. The molecule has 7 nitrogen and oxygen atoms in total. The summed E-state index contributed by atoms with van der Waals surface area (Å²) < 4.78 is 10.6. The highest BCUT2D eigenvalue weighted by Crippen LogP contribution is 2.32. The van der Waals surface area contributed by atoms with Crippen molar-refractivity contribution in [2.45, 2.75) is 6.17 Å². The molecule has 0 fully saturated rings. The number of guanidine groups is 2. The fraction of sp³-hybridized carbons (Fsp3) is 0.176. The zero-order valence-electron chi connectivity index (χ0n) is 13.5. The van der Waals surface area contributed by atoms with Crippen LogP contribution in [0, 0.1) is 0 Å². The van der Waals surface area contributed by atoms with E-state index in [0.717, 1.165) is 11.3 Å². The first kappa shape index (κ1) is 15.7. The first-order chi connectivity index (χ1) is 11.7. The van der Waals surface area contributed by atoms with Crippen LogP contribution in [-0.2, 0) is 0 Å². The molecule has 1 heterocycles. The number of ether oxygens (including phenoxy) is 2. The summed E-state index contributed by atoms with van der Waals surface area (Å²) in [6.07, 6.45) is -0.461. The van der Waals surface area contributed by atoms with Gasteiger partial charge in [-0.15, -0.1) is 0 Å². The van der Waals surface area contributed by atoms with Crippen molar-refractivity contribution in [3.05, 3.63) is 54.1 Å². The Morgan fingerprint density at radius 3 is 2.46 bits per heavy atom. The molecule has 0 saturated carbocycles. The predicted octanol–water partition coefficient (Wildman–Crippen LogP) is 2.09. The van der Waals surface area contributed by atoms with Crippen LogP contribution in [0.2, 0.25) is 0 Å². The van der Waals surface area contributed by atoms with E-state index in [2.05, 4.69) is 20.6 Å². The van der Waals surface area contributed by atoms with Gasteiger partial charge in [0.2, 0.25) is 5.96 Å². The fourth-order valence-electron chi connectivity index (χ4n) is 2.35. The summed E-state index contributed by atoms with van der Waals surface area (Å²) in [5.74, 6) is 2.10. The SMILES string of the molecule is COc1ccc(C2N=C(N)NC(Nc3ccccc3)=N2)cc1OC. The number of hydrogen-bond acceptors (Lipinski definition) is 7. The van der Waals surface area contributed by atoms with Gasteiger partial charge in [0.05, 0.1) is 14.2 Å². The van der Waals surface area contributed by atoms with Crippen molar-refractivity contribution in [1.82, 2.24) is 5.32 Å². The van der Waals surface area contributed by atoms with E-state index >= 15 is 0 Å². The normalized spacial score (nSPS) is 16.5. The van der Waals surface area contributed by atoms with Crippen molar-refractivity contribution in [2.75, 3.05) is 19.5 Å². The lowest BCUT2D eigenvalue weighted by atomic mass is 10.1. The third-order valence-electron chi connectivity index (χ3n) is 3.50. The molecule has 2 aromatic carbocycles. The predicted molar refractivity (Wildman–Crippen MR) is 94.5 cm³/mol. The Balaban J connectivity index is 1.87. The minimum atomic E-state index is -0.461. The van der Waals surface area contributed by atoms with Crippen LogP contribution in [0.5, 0.6) is 11.5 Å². The first-order valence-electron chi connectivity index (χ1n) is 7.41. The summed E-state index contributed by atoms with van der Waals surface area (Å²) in [6, 6.07) is 15.3. The van der Waals surface area contributed by atoms with Gasteiger partial charge in [0, 0.05) is 11.3 Å². The van der Waals surface area contributed by atoms with Gasteiger partial charge in [-0.05, 0) is 24.3 Å². The van der Waals surface area contributed by atoms with E-state index in [0.29, 0.717) is 23.4 Å². The van der Waals surface area contributed by atoms with E-state index in [1.54, 1.807) is 14.2 Å². The summed E-state index contributed by atoms with van der Waals surface area (Å²) in [5, 5.41) is 6.11.